The van der Waals surface area contributed by atoms with Gasteiger partial charge in [-0.3, -0.25) is 10.1 Å². The summed E-state index contributed by atoms with van der Waals surface area (Å²) in [7, 11) is 0. The van der Waals surface area contributed by atoms with Gasteiger partial charge in [0.25, 0.3) is 0 Å². The average molecular weight is 153 g/mol. The molecule has 0 N–H and O–H groups in total. The van der Waals surface area contributed by atoms with E-state index in [2.05, 4.69) is 6.58 Å². The maximum Gasteiger partial charge on any atom is 0.220 e. The number of nitrogens with zero attached hydrogens (tertiary/aromatic N) is 1. The molecule has 1 aliphatic carbocycles. The minimum Gasteiger partial charge on any atom is -0.264 e. The van der Waals surface area contributed by atoms with Gasteiger partial charge in [0, 0.05) is 17.8 Å². The molecule has 1 atom stereocenters. The number of nitro groups is 1. The molecule has 0 fully saturated rings. The lowest BCUT2D eigenvalue weighted by Crippen LogP contribution is -2.22. The predicted molar refractivity (Wildman–Crippen MR) is 42.9 cm³/mol. The number of hydrogen-bond donors (Lipinski definition) is 0. The molecule has 0 aliphatic heterocycles. The van der Waals surface area contributed by atoms with E-state index < -0.39 is 6.04 Å². The van der Waals surface area contributed by atoms with Crippen molar-refractivity contribution in [1.29, 1.82) is 0 Å². The van der Waals surface area contributed by atoms with E-state index in [1.807, 2.05) is 13.0 Å². The Morgan fingerprint density at radius 2 is 2.36 bits per heavy atom. The Labute approximate surface area is 65.6 Å². The maximum absolute atomic E-state index is 10.4. The second-order valence-electron chi connectivity index (χ2n) is 3.00. The molecule has 0 aromatic rings. The van der Waals surface area contributed by atoms with E-state index in [0.29, 0.717) is 12.8 Å². The highest BCUT2D eigenvalue weighted by molar-refractivity contribution is 5.24. The monoisotopic (exact) mass is 153 g/mol. The van der Waals surface area contributed by atoms with E-state index in [4.69, 9.17) is 0 Å². The minimum atomic E-state index is -0.438. The van der Waals surface area contributed by atoms with Crippen LogP contribution in [0.3, 0.4) is 0 Å². The van der Waals surface area contributed by atoms with Crippen molar-refractivity contribution in [3.05, 3.63) is 33.9 Å². The smallest absolute Gasteiger partial charge is 0.220 e. The Morgan fingerprint density at radius 3 is 2.82 bits per heavy atom. The Bertz CT molecular complexity index is 230. The average Bonchev–Trinajstić information content (AvgIpc) is 1.85. The van der Waals surface area contributed by atoms with Crippen LogP contribution in [0.1, 0.15) is 19.8 Å². The SMILES string of the molecule is C=C1C=C(C)CC([N+](=O)[O-])C1. The van der Waals surface area contributed by atoms with Gasteiger partial charge in [-0.25, -0.2) is 0 Å². The van der Waals surface area contributed by atoms with Crippen LogP contribution in [0.4, 0.5) is 0 Å². The minimum absolute atomic E-state index is 0.221. The van der Waals surface area contributed by atoms with Crippen molar-refractivity contribution < 1.29 is 4.92 Å². The first-order valence-corrected chi connectivity index (χ1v) is 3.58. The van der Waals surface area contributed by atoms with Crippen molar-refractivity contribution in [3.63, 3.8) is 0 Å². The van der Waals surface area contributed by atoms with Crippen LogP contribution in [0.25, 0.3) is 0 Å². The van der Waals surface area contributed by atoms with Crippen molar-refractivity contribution in [2.75, 3.05) is 0 Å². The number of hydrogen-bond acceptors (Lipinski definition) is 2. The summed E-state index contributed by atoms with van der Waals surface area (Å²) in [5.74, 6) is 0. The van der Waals surface area contributed by atoms with E-state index in [9.17, 15) is 10.1 Å². The lowest BCUT2D eigenvalue weighted by atomic mass is 9.93. The molecule has 0 heterocycles. The molecule has 0 bridgehead atoms. The summed E-state index contributed by atoms with van der Waals surface area (Å²) in [6.45, 7) is 5.62. The zero-order chi connectivity index (χ0) is 8.43. The molecule has 0 aromatic carbocycles. The highest BCUT2D eigenvalue weighted by Gasteiger charge is 2.24. The largest absolute Gasteiger partial charge is 0.264 e. The molecule has 0 spiro atoms. The van der Waals surface area contributed by atoms with E-state index >= 15 is 0 Å². The van der Waals surface area contributed by atoms with Gasteiger partial charge in [0.05, 0.1) is 0 Å². The van der Waals surface area contributed by atoms with E-state index in [1.165, 1.54) is 0 Å². The quantitative estimate of drug-likeness (QED) is 0.426. The van der Waals surface area contributed by atoms with Gasteiger partial charge in [-0.1, -0.05) is 18.2 Å². The summed E-state index contributed by atoms with van der Waals surface area (Å²) < 4.78 is 0. The van der Waals surface area contributed by atoms with Crippen molar-refractivity contribution >= 4 is 0 Å². The van der Waals surface area contributed by atoms with Crippen LogP contribution in [-0.2, 0) is 0 Å². The molecule has 1 rings (SSSR count). The molecular formula is C8H11NO2. The lowest BCUT2D eigenvalue weighted by molar-refractivity contribution is -0.521. The molecule has 3 heteroatoms. The molecule has 1 unspecified atom stereocenters. The topological polar surface area (TPSA) is 43.1 Å². The molecule has 0 saturated carbocycles. The first kappa shape index (κ1) is 7.98. The third kappa shape index (κ3) is 1.90. The fourth-order valence-electron chi connectivity index (χ4n) is 1.36. The molecule has 11 heavy (non-hydrogen) atoms. The summed E-state index contributed by atoms with van der Waals surface area (Å²) >= 11 is 0. The molecule has 3 nitrogen and oxygen atoms in total. The predicted octanol–water partition coefficient (Wildman–Crippen LogP) is 1.93. The van der Waals surface area contributed by atoms with Crippen molar-refractivity contribution in [1.82, 2.24) is 0 Å². The normalized spacial score (nSPS) is 24.6. The molecule has 1 aliphatic rings. The molecule has 0 amide bonds. The second kappa shape index (κ2) is 2.86. The summed E-state index contributed by atoms with van der Waals surface area (Å²) in [4.78, 5) is 10.2. The van der Waals surface area contributed by atoms with Gasteiger partial charge in [-0.2, -0.15) is 0 Å². The van der Waals surface area contributed by atoms with Crippen LogP contribution < -0.4 is 0 Å². The van der Waals surface area contributed by atoms with Crippen molar-refractivity contribution in [2.24, 2.45) is 0 Å². The van der Waals surface area contributed by atoms with Crippen LogP contribution in [0.15, 0.2) is 23.8 Å². The van der Waals surface area contributed by atoms with Gasteiger partial charge in [0.1, 0.15) is 0 Å². The Hall–Kier alpha value is -1.12. The third-order valence-corrected chi connectivity index (χ3v) is 1.80. The number of allylic oxidation sites excluding steroid dienone is 1. The molecule has 0 saturated heterocycles. The van der Waals surface area contributed by atoms with Crippen LogP contribution in [0.2, 0.25) is 0 Å². The Morgan fingerprint density at radius 1 is 1.73 bits per heavy atom. The summed E-state index contributed by atoms with van der Waals surface area (Å²) in [5.41, 5.74) is 1.93. The second-order valence-corrected chi connectivity index (χ2v) is 3.00. The fraction of sp³-hybridized carbons (Fsp3) is 0.500. The zero-order valence-electron chi connectivity index (χ0n) is 6.54. The molecule has 0 radical (unpaired) electrons. The maximum atomic E-state index is 10.4. The first-order valence-electron chi connectivity index (χ1n) is 3.58. The number of rotatable bonds is 1. The van der Waals surface area contributed by atoms with Gasteiger partial charge in [-0.15, -0.1) is 0 Å². The Balaban J connectivity index is 2.72. The van der Waals surface area contributed by atoms with Gasteiger partial charge in [0.15, 0.2) is 0 Å². The van der Waals surface area contributed by atoms with E-state index in [1.54, 1.807) is 0 Å². The first-order chi connectivity index (χ1) is 5.09. The zero-order valence-corrected chi connectivity index (χ0v) is 6.54. The summed E-state index contributed by atoms with van der Waals surface area (Å²) in [5, 5.41) is 10.4. The van der Waals surface area contributed by atoms with E-state index in [0.717, 1.165) is 11.1 Å². The Kier molecular flexibility index (Phi) is 2.08. The van der Waals surface area contributed by atoms with Gasteiger partial charge in [0.2, 0.25) is 6.04 Å². The highest BCUT2D eigenvalue weighted by Crippen LogP contribution is 2.22. The molecular weight excluding hydrogens is 142 g/mol. The van der Waals surface area contributed by atoms with Crippen LogP contribution in [0, 0.1) is 10.1 Å². The standard InChI is InChI=1S/C8H11NO2/c1-6-3-7(2)5-8(4-6)9(10)11/h3,8H,1,4-5H2,2H3. The molecule has 60 valence electrons. The van der Waals surface area contributed by atoms with Gasteiger partial charge in [-0.05, 0) is 12.5 Å². The lowest BCUT2D eigenvalue weighted by Gasteiger charge is -2.15. The van der Waals surface area contributed by atoms with Crippen LogP contribution in [0.5, 0.6) is 0 Å². The van der Waals surface area contributed by atoms with Crippen molar-refractivity contribution in [3.8, 4) is 0 Å². The third-order valence-electron chi connectivity index (χ3n) is 1.80. The highest BCUT2D eigenvalue weighted by atomic mass is 16.6. The van der Waals surface area contributed by atoms with E-state index in [-0.39, 0.29) is 4.92 Å². The summed E-state index contributed by atoms with van der Waals surface area (Å²) in [6.07, 6.45) is 3.01. The van der Waals surface area contributed by atoms with Crippen molar-refractivity contribution in [2.45, 2.75) is 25.8 Å². The van der Waals surface area contributed by atoms with Crippen LogP contribution in [-0.4, -0.2) is 11.0 Å². The van der Waals surface area contributed by atoms with Gasteiger partial charge < -0.3 is 0 Å². The van der Waals surface area contributed by atoms with Gasteiger partial charge >= 0.3 is 0 Å². The summed E-state index contributed by atoms with van der Waals surface area (Å²) in [6, 6.07) is -0.438. The molecule has 0 aromatic heterocycles. The van der Waals surface area contributed by atoms with Crippen LogP contribution >= 0.6 is 0 Å². The fourth-order valence-corrected chi connectivity index (χ4v) is 1.36.